The van der Waals surface area contributed by atoms with Gasteiger partial charge >= 0.3 is 0 Å². The molecule has 9 aromatic rings. The highest BCUT2D eigenvalue weighted by Crippen LogP contribution is 2.38. The molecule has 0 spiro atoms. The van der Waals surface area contributed by atoms with Crippen molar-refractivity contribution in [3.63, 3.8) is 0 Å². The maximum absolute atomic E-state index is 6.20. The molecule has 210 valence electrons. The Labute approximate surface area is 259 Å². The van der Waals surface area contributed by atoms with Gasteiger partial charge in [-0.25, -0.2) is 15.0 Å². The van der Waals surface area contributed by atoms with Gasteiger partial charge < -0.3 is 4.42 Å². The predicted molar refractivity (Wildman–Crippen MR) is 184 cm³/mol. The molecule has 9 rings (SSSR count). The van der Waals surface area contributed by atoms with Crippen molar-refractivity contribution in [2.45, 2.75) is 0 Å². The summed E-state index contributed by atoms with van der Waals surface area (Å²) in [6.07, 6.45) is 0. The molecule has 0 aliphatic heterocycles. The van der Waals surface area contributed by atoms with Gasteiger partial charge in [0, 0.05) is 27.5 Å². The molecule has 0 atom stereocenters. The molecule has 0 radical (unpaired) electrons. The highest BCUT2D eigenvalue weighted by Gasteiger charge is 2.18. The van der Waals surface area contributed by atoms with Crippen LogP contribution in [0.15, 0.2) is 156 Å². The van der Waals surface area contributed by atoms with Crippen molar-refractivity contribution >= 4 is 43.5 Å². The molecule has 0 aliphatic rings. The van der Waals surface area contributed by atoms with Gasteiger partial charge in [-0.1, -0.05) is 127 Å². The standard InChI is InChI=1S/C41H25N3O/c1-2-12-26(13-3-1)39-42-40(44-41(43-39)34-21-11-23-37-38(34)33-20-8-9-22-36(33)45-37)29-16-10-15-27(24-29)35-25-28-14-4-5-17-30(28)31-18-6-7-19-32(31)35/h1-25H. The molecule has 0 fully saturated rings. The Morgan fingerprint density at radius 2 is 0.956 bits per heavy atom. The lowest BCUT2D eigenvalue weighted by atomic mass is 9.92. The first-order chi connectivity index (χ1) is 22.3. The van der Waals surface area contributed by atoms with E-state index in [1.807, 2.05) is 60.7 Å². The molecule has 4 nitrogen and oxygen atoms in total. The molecule has 2 aromatic heterocycles. The summed E-state index contributed by atoms with van der Waals surface area (Å²) in [6.45, 7) is 0. The van der Waals surface area contributed by atoms with Crippen molar-refractivity contribution in [3.8, 4) is 45.3 Å². The van der Waals surface area contributed by atoms with Gasteiger partial charge in [0.2, 0.25) is 0 Å². The molecular weight excluding hydrogens is 550 g/mol. The maximum Gasteiger partial charge on any atom is 0.164 e. The van der Waals surface area contributed by atoms with E-state index in [9.17, 15) is 0 Å². The monoisotopic (exact) mass is 575 g/mol. The number of para-hydroxylation sites is 1. The van der Waals surface area contributed by atoms with E-state index in [2.05, 4.69) is 91.0 Å². The van der Waals surface area contributed by atoms with Crippen LogP contribution in [0.2, 0.25) is 0 Å². The van der Waals surface area contributed by atoms with Crippen LogP contribution in [0.4, 0.5) is 0 Å². The highest BCUT2D eigenvalue weighted by molar-refractivity contribution is 6.14. The van der Waals surface area contributed by atoms with Crippen molar-refractivity contribution < 1.29 is 4.42 Å². The van der Waals surface area contributed by atoms with Crippen LogP contribution in [0.5, 0.6) is 0 Å². The third kappa shape index (κ3) is 4.27. The third-order valence-electron chi connectivity index (χ3n) is 8.51. The number of nitrogens with zero attached hydrogens (tertiary/aromatic N) is 3. The summed E-state index contributed by atoms with van der Waals surface area (Å²) < 4.78 is 6.20. The molecule has 45 heavy (non-hydrogen) atoms. The minimum atomic E-state index is 0.609. The number of fused-ring (bicyclic) bond motifs is 6. The van der Waals surface area contributed by atoms with E-state index in [1.54, 1.807) is 0 Å². The number of hydrogen-bond donors (Lipinski definition) is 0. The number of rotatable bonds is 4. The van der Waals surface area contributed by atoms with Crippen molar-refractivity contribution in [2.24, 2.45) is 0 Å². The first-order valence-electron chi connectivity index (χ1n) is 15.0. The van der Waals surface area contributed by atoms with Gasteiger partial charge in [0.1, 0.15) is 11.2 Å². The lowest BCUT2D eigenvalue weighted by Gasteiger charge is -2.13. The van der Waals surface area contributed by atoms with Crippen LogP contribution in [0.25, 0.3) is 88.8 Å². The zero-order valence-corrected chi connectivity index (χ0v) is 24.2. The zero-order valence-electron chi connectivity index (χ0n) is 24.2. The molecule has 0 aliphatic carbocycles. The second kappa shape index (κ2) is 10.2. The maximum atomic E-state index is 6.20. The van der Waals surface area contributed by atoms with Crippen LogP contribution in [0, 0.1) is 0 Å². The van der Waals surface area contributed by atoms with Crippen molar-refractivity contribution in [3.05, 3.63) is 152 Å². The number of aromatic nitrogens is 3. The van der Waals surface area contributed by atoms with E-state index in [-0.39, 0.29) is 0 Å². The van der Waals surface area contributed by atoms with Crippen LogP contribution < -0.4 is 0 Å². The van der Waals surface area contributed by atoms with Crippen molar-refractivity contribution in [1.82, 2.24) is 15.0 Å². The zero-order chi connectivity index (χ0) is 29.7. The normalized spacial score (nSPS) is 11.6. The second-order valence-corrected chi connectivity index (χ2v) is 11.2. The summed E-state index contributed by atoms with van der Waals surface area (Å²) in [5, 5.41) is 6.96. The lowest BCUT2D eigenvalue weighted by molar-refractivity contribution is 0.669. The Balaban J connectivity index is 1.27. The number of hydrogen-bond acceptors (Lipinski definition) is 4. The molecule has 0 N–H and O–H groups in total. The van der Waals surface area contributed by atoms with E-state index in [0.717, 1.165) is 44.2 Å². The fraction of sp³-hybridized carbons (Fsp3) is 0. The average Bonchev–Trinajstić information content (AvgIpc) is 3.50. The summed E-state index contributed by atoms with van der Waals surface area (Å²) in [4.78, 5) is 15.2. The summed E-state index contributed by atoms with van der Waals surface area (Å²) in [5.74, 6) is 1.86. The summed E-state index contributed by atoms with van der Waals surface area (Å²) in [5.41, 5.74) is 6.71. The van der Waals surface area contributed by atoms with Gasteiger partial charge in [-0.15, -0.1) is 0 Å². The summed E-state index contributed by atoms with van der Waals surface area (Å²) in [7, 11) is 0. The second-order valence-electron chi connectivity index (χ2n) is 11.2. The first-order valence-corrected chi connectivity index (χ1v) is 15.0. The van der Waals surface area contributed by atoms with Gasteiger partial charge in [0.25, 0.3) is 0 Å². The molecular formula is C41H25N3O. The van der Waals surface area contributed by atoms with Crippen LogP contribution in [-0.2, 0) is 0 Å². The number of benzene rings is 7. The minimum Gasteiger partial charge on any atom is -0.456 e. The largest absolute Gasteiger partial charge is 0.456 e. The smallest absolute Gasteiger partial charge is 0.164 e. The molecule has 0 unspecified atom stereocenters. The third-order valence-corrected chi connectivity index (χ3v) is 8.51. The fourth-order valence-corrected chi connectivity index (χ4v) is 6.42. The van der Waals surface area contributed by atoms with Crippen molar-refractivity contribution in [2.75, 3.05) is 0 Å². The minimum absolute atomic E-state index is 0.609. The molecule has 0 bridgehead atoms. The molecule has 2 heterocycles. The first kappa shape index (κ1) is 25.4. The Morgan fingerprint density at radius 1 is 0.356 bits per heavy atom. The Kier molecular flexibility index (Phi) is 5.78. The van der Waals surface area contributed by atoms with E-state index >= 15 is 0 Å². The van der Waals surface area contributed by atoms with Crippen molar-refractivity contribution in [1.29, 1.82) is 0 Å². The summed E-state index contributed by atoms with van der Waals surface area (Å²) >= 11 is 0. The number of furan rings is 1. The van der Waals surface area contributed by atoms with Gasteiger partial charge in [0.05, 0.1) is 0 Å². The van der Waals surface area contributed by atoms with Gasteiger partial charge in [0.15, 0.2) is 17.5 Å². The summed E-state index contributed by atoms with van der Waals surface area (Å²) in [6, 6.07) is 52.3. The molecule has 7 aromatic carbocycles. The van der Waals surface area contributed by atoms with Crippen LogP contribution in [0.3, 0.4) is 0 Å². The van der Waals surface area contributed by atoms with Crippen LogP contribution in [0.1, 0.15) is 0 Å². The average molecular weight is 576 g/mol. The van der Waals surface area contributed by atoms with E-state index in [4.69, 9.17) is 19.4 Å². The Hall–Kier alpha value is -6.13. The molecule has 0 amide bonds. The predicted octanol–water partition coefficient (Wildman–Crippen LogP) is 10.7. The molecule has 0 saturated carbocycles. The van der Waals surface area contributed by atoms with Gasteiger partial charge in [-0.3, -0.25) is 0 Å². The van der Waals surface area contributed by atoms with E-state index in [1.165, 1.54) is 27.1 Å². The lowest BCUT2D eigenvalue weighted by Crippen LogP contribution is -2.00. The van der Waals surface area contributed by atoms with Crippen LogP contribution >= 0.6 is 0 Å². The van der Waals surface area contributed by atoms with E-state index in [0.29, 0.717) is 17.5 Å². The van der Waals surface area contributed by atoms with E-state index < -0.39 is 0 Å². The van der Waals surface area contributed by atoms with Crippen LogP contribution in [-0.4, -0.2) is 15.0 Å². The quantitative estimate of drug-likeness (QED) is 0.196. The SMILES string of the molecule is c1ccc(-c2nc(-c3cccc(-c4cc5ccccc5c5ccccc45)c3)nc(-c3cccc4oc5ccccc5c34)n2)cc1. The van der Waals surface area contributed by atoms with Gasteiger partial charge in [-0.2, -0.15) is 0 Å². The fourth-order valence-electron chi connectivity index (χ4n) is 6.42. The highest BCUT2D eigenvalue weighted by atomic mass is 16.3. The Bertz CT molecular complexity index is 2550. The molecule has 0 saturated heterocycles. The topological polar surface area (TPSA) is 51.8 Å². The Morgan fingerprint density at radius 3 is 1.82 bits per heavy atom. The van der Waals surface area contributed by atoms with Gasteiger partial charge in [-0.05, 0) is 56.9 Å². The molecule has 4 heteroatoms.